The minimum Gasteiger partial charge on any atom is -0.492 e. The summed E-state index contributed by atoms with van der Waals surface area (Å²) >= 11 is 0. The number of hydrogen-bond donors (Lipinski definition) is 1. The summed E-state index contributed by atoms with van der Waals surface area (Å²) < 4.78 is 10.1. The summed E-state index contributed by atoms with van der Waals surface area (Å²) in [4.78, 5) is 0. The number of para-hydroxylation sites is 2. The van der Waals surface area contributed by atoms with Crippen LogP contribution in [-0.2, 0) is 18.5 Å². The van der Waals surface area contributed by atoms with Crippen LogP contribution in [0.5, 0.6) is 5.75 Å². The van der Waals surface area contributed by atoms with Gasteiger partial charge in [0.2, 0.25) is 5.62 Å². The minimum absolute atomic E-state index is 0.134. The number of ether oxygens (including phenoxy) is 1. The van der Waals surface area contributed by atoms with Crippen molar-refractivity contribution < 1.29 is 4.74 Å². The van der Waals surface area contributed by atoms with E-state index in [1.807, 2.05) is 47.0 Å². The third-order valence-electron chi connectivity index (χ3n) is 5.46. The number of aromatic nitrogens is 2. The Balaban J connectivity index is 1.53. The molecule has 4 heteroatoms. The van der Waals surface area contributed by atoms with Crippen LogP contribution >= 0.6 is 0 Å². The zero-order valence-corrected chi connectivity index (χ0v) is 17.9. The summed E-state index contributed by atoms with van der Waals surface area (Å²) in [5, 5.41) is 8.77. The lowest BCUT2D eigenvalue weighted by Gasteiger charge is -2.19. The van der Waals surface area contributed by atoms with Crippen LogP contribution in [0.15, 0.2) is 78.9 Å². The standard InChI is InChI=1S/C26H29N3O/c1-26(2,3)21-13-15-22(16-14-21)30-18-17-28-23-11-7-8-12-24(23)29(25(28)27)19-20-9-5-4-6-10-20/h4-16,27H,17-19H2,1-3H3. The van der Waals surface area contributed by atoms with Crippen LogP contribution in [0.25, 0.3) is 11.0 Å². The van der Waals surface area contributed by atoms with E-state index in [-0.39, 0.29) is 5.41 Å². The van der Waals surface area contributed by atoms with Gasteiger partial charge in [0, 0.05) is 0 Å². The molecule has 0 atom stereocenters. The molecule has 0 fully saturated rings. The van der Waals surface area contributed by atoms with Crippen molar-refractivity contribution in [2.24, 2.45) is 0 Å². The number of nitrogens with zero attached hydrogens (tertiary/aromatic N) is 2. The van der Waals surface area contributed by atoms with Gasteiger partial charge in [0.15, 0.2) is 0 Å². The molecular weight excluding hydrogens is 370 g/mol. The monoisotopic (exact) mass is 399 g/mol. The van der Waals surface area contributed by atoms with E-state index in [1.165, 1.54) is 11.1 Å². The van der Waals surface area contributed by atoms with E-state index in [9.17, 15) is 0 Å². The fourth-order valence-electron chi connectivity index (χ4n) is 3.75. The van der Waals surface area contributed by atoms with E-state index in [4.69, 9.17) is 10.1 Å². The number of nitrogens with one attached hydrogen (secondary N) is 1. The van der Waals surface area contributed by atoms with Gasteiger partial charge in [0.25, 0.3) is 0 Å². The summed E-state index contributed by atoms with van der Waals surface area (Å²) in [5.41, 5.74) is 5.24. The molecule has 0 aliphatic carbocycles. The van der Waals surface area contributed by atoms with Crippen LogP contribution in [0.3, 0.4) is 0 Å². The highest BCUT2D eigenvalue weighted by molar-refractivity contribution is 5.76. The van der Waals surface area contributed by atoms with Crippen LogP contribution in [0.2, 0.25) is 0 Å². The first kappa shape index (κ1) is 20.0. The second-order valence-corrected chi connectivity index (χ2v) is 8.66. The Hall–Kier alpha value is -3.27. The number of imidazole rings is 1. The van der Waals surface area contributed by atoms with Crippen LogP contribution in [-0.4, -0.2) is 15.7 Å². The summed E-state index contributed by atoms with van der Waals surface area (Å²) in [7, 11) is 0. The van der Waals surface area contributed by atoms with Crippen molar-refractivity contribution in [1.82, 2.24) is 9.13 Å². The third kappa shape index (κ3) is 4.18. The van der Waals surface area contributed by atoms with Crippen LogP contribution < -0.4 is 10.4 Å². The minimum atomic E-state index is 0.134. The van der Waals surface area contributed by atoms with Gasteiger partial charge in [0.1, 0.15) is 12.4 Å². The Morgan fingerprint density at radius 2 is 1.37 bits per heavy atom. The first-order chi connectivity index (χ1) is 14.4. The van der Waals surface area contributed by atoms with Crippen molar-refractivity contribution >= 4 is 11.0 Å². The topological polar surface area (TPSA) is 42.9 Å². The molecule has 0 amide bonds. The van der Waals surface area contributed by atoms with Crippen molar-refractivity contribution in [2.45, 2.75) is 39.3 Å². The van der Waals surface area contributed by atoms with Gasteiger partial charge in [-0.1, -0.05) is 75.4 Å². The van der Waals surface area contributed by atoms with Crippen molar-refractivity contribution in [2.75, 3.05) is 6.61 Å². The molecule has 0 aliphatic heterocycles. The second kappa shape index (κ2) is 8.23. The molecule has 4 nitrogen and oxygen atoms in total. The number of rotatable bonds is 6. The quantitative estimate of drug-likeness (QED) is 0.467. The Bertz CT molecular complexity index is 1180. The summed E-state index contributed by atoms with van der Waals surface area (Å²) in [5.74, 6) is 0.864. The summed E-state index contributed by atoms with van der Waals surface area (Å²) in [6.45, 7) is 8.46. The average Bonchev–Trinajstić information content (AvgIpc) is 3.00. The highest BCUT2D eigenvalue weighted by Gasteiger charge is 2.13. The van der Waals surface area contributed by atoms with Gasteiger partial charge in [-0.25, -0.2) is 0 Å². The Morgan fingerprint density at radius 3 is 2.00 bits per heavy atom. The van der Waals surface area contributed by atoms with Gasteiger partial charge in [-0.3, -0.25) is 5.41 Å². The summed E-state index contributed by atoms with van der Waals surface area (Å²) in [6, 6.07) is 26.8. The van der Waals surface area contributed by atoms with E-state index in [1.54, 1.807) is 0 Å². The SMILES string of the molecule is CC(C)(C)c1ccc(OCCn2c(=N)n(Cc3ccccc3)c3ccccc32)cc1. The van der Waals surface area contributed by atoms with Crippen molar-refractivity contribution in [3.05, 3.63) is 95.6 Å². The largest absolute Gasteiger partial charge is 0.492 e. The van der Waals surface area contributed by atoms with Crippen molar-refractivity contribution in [1.29, 1.82) is 5.41 Å². The molecule has 0 radical (unpaired) electrons. The first-order valence-electron chi connectivity index (χ1n) is 10.4. The van der Waals surface area contributed by atoms with Gasteiger partial charge < -0.3 is 13.9 Å². The van der Waals surface area contributed by atoms with Crippen LogP contribution in [0, 0.1) is 5.41 Å². The van der Waals surface area contributed by atoms with Crippen LogP contribution in [0.1, 0.15) is 31.9 Å². The molecule has 4 rings (SSSR count). The predicted molar refractivity (Wildman–Crippen MR) is 122 cm³/mol. The van der Waals surface area contributed by atoms with Crippen molar-refractivity contribution in [3.8, 4) is 5.75 Å². The maximum absolute atomic E-state index is 8.77. The van der Waals surface area contributed by atoms with Gasteiger partial charge >= 0.3 is 0 Å². The average molecular weight is 400 g/mol. The lowest BCUT2D eigenvalue weighted by Crippen LogP contribution is -2.27. The molecule has 0 spiro atoms. The number of fused-ring (bicyclic) bond motifs is 1. The molecule has 0 aliphatic rings. The van der Waals surface area contributed by atoms with Gasteiger partial charge in [-0.05, 0) is 40.8 Å². The molecule has 0 unspecified atom stereocenters. The molecule has 0 saturated heterocycles. The molecule has 3 aromatic carbocycles. The Labute approximate surface area is 177 Å². The molecule has 30 heavy (non-hydrogen) atoms. The molecule has 4 aromatic rings. The fraction of sp³-hybridized carbons (Fsp3) is 0.269. The van der Waals surface area contributed by atoms with E-state index >= 15 is 0 Å². The normalized spacial score (nSPS) is 11.7. The lowest BCUT2D eigenvalue weighted by molar-refractivity contribution is 0.296. The smallest absolute Gasteiger partial charge is 0.203 e. The molecule has 1 N–H and O–H groups in total. The summed E-state index contributed by atoms with van der Waals surface area (Å²) in [6.07, 6.45) is 0. The second-order valence-electron chi connectivity index (χ2n) is 8.66. The maximum Gasteiger partial charge on any atom is 0.203 e. The zero-order chi connectivity index (χ0) is 21.1. The molecule has 1 aromatic heterocycles. The first-order valence-corrected chi connectivity index (χ1v) is 10.4. The zero-order valence-electron chi connectivity index (χ0n) is 17.9. The molecule has 0 saturated carbocycles. The maximum atomic E-state index is 8.77. The van der Waals surface area contributed by atoms with Gasteiger partial charge in [-0.15, -0.1) is 0 Å². The van der Waals surface area contributed by atoms with Gasteiger partial charge in [-0.2, -0.15) is 0 Å². The molecular formula is C26H29N3O. The van der Waals surface area contributed by atoms with E-state index in [2.05, 4.69) is 61.7 Å². The molecule has 0 bridgehead atoms. The predicted octanol–water partition coefficient (Wildman–Crippen LogP) is 5.35. The number of benzene rings is 3. The van der Waals surface area contributed by atoms with Crippen LogP contribution in [0.4, 0.5) is 0 Å². The highest BCUT2D eigenvalue weighted by Crippen LogP contribution is 2.24. The fourth-order valence-corrected chi connectivity index (χ4v) is 3.75. The molecule has 1 heterocycles. The third-order valence-corrected chi connectivity index (χ3v) is 5.46. The molecule has 154 valence electrons. The van der Waals surface area contributed by atoms with E-state index in [0.29, 0.717) is 25.3 Å². The number of hydrogen-bond acceptors (Lipinski definition) is 2. The highest BCUT2D eigenvalue weighted by atomic mass is 16.5. The van der Waals surface area contributed by atoms with Gasteiger partial charge in [0.05, 0.1) is 24.1 Å². The van der Waals surface area contributed by atoms with Crippen molar-refractivity contribution in [3.63, 3.8) is 0 Å². The van der Waals surface area contributed by atoms with E-state index < -0.39 is 0 Å². The lowest BCUT2D eigenvalue weighted by atomic mass is 9.87. The Morgan fingerprint density at radius 1 is 0.767 bits per heavy atom. The Kier molecular flexibility index (Phi) is 5.49. The van der Waals surface area contributed by atoms with E-state index in [0.717, 1.165) is 16.8 Å².